The maximum absolute atomic E-state index is 14.8. The van der Waals surface area contributed by atoms with Crippen molar-refractivity contribution < 1.29 is 78.2 Å². The summed E-state index contributed by atoms with van der Waals surface area (Å²) < 4.78 is 204. The van der Waals surface area contributed by atoms with Crippen LogP contribution in [0.4, 0.5) is 56.1 Å². The highest BCUT2D eigenvalue weighted by atomic mass is 32.2. The largest absolute Gasteiger partial charge is 0.505 e. The number of nitrogens with one attached hydrogen (secondary N) is 1. The van der Waals surface area contributed by atoms with Crippen molar-refractivity contribution in [1.29, 1.82) is 0 Å². The van der Waals surface area contributed by atoms with E-state index in [2.05, 4.69) is 53.9 Å². The highest BCUT2D eigenvalue weighted by molar-refractivity contribution is 7.94. The van der Waals surface area contributed by atoms with E-state index in [-0.39, 0.29) is 16.3 Å². The number of fused-ring (bicyclic) bond motifs is 1. The summed E-state index contributed by atoms with van der Waals surface area (Å²) in [5.74, 6) is -2.34. The number of phenols is 1. The van der Waals surface area contributed by atoms with Crippen molar-refractivity contribution in [2.45, 2.75) is 29.4 Å². The molecule has 70 heavy (non-hydrogen) atoms. The third-order valence-corrected chi connectivity index (χ3v) is 15.5. The molecule has 34 heteroatoms. The SMILES string of the molecule is C=CS(=O)(=O)c1cccc(N(C)c2nc(F)nc(Nc3ccc(S(=O)(=O)O)c(N=Nc4c(S(=O)(=O)O)cc5cc(S(=O)(=O)O)c(N=Nc6ccc(S(=O)(=O)C=C)cc6S(=O)(=O)O)c(N)c5c4O)c3)n2)c1. The van der Waals surface area contributed by atoms with Crippen LogP contribution >= 0.6 is 0 Å². The molecule has 0 aliphatic heterocycles. The molecular weight excluding hydrogens is 1060 g/mol. The van der Waals surface area contributed by atoms with E-state index in [1.54, 1.807) is 0 Å². The van der Waals surface area contributed by atoms with Crippen molar-refractivity contribution in [1.82, 2.24) is 15.0 Å². The van der Waals surface area contributed by atoms with Crippen molar-refractivity contribution in [2.75, 3.05) is 23.0 Å². The van der Waals surface area contributed by atoms with E-state index in [0.29, 0.717) is 35.1 Å². The van der Waals surface area contributed by atoms with Crippen molar-refractivity contribution in [3.05, 3.63) is 103 Å². The van der Waals surface area contributed by atoms with Crippen LogP contribution in [-0.2, 0) is 60.1 Å². The lowest BCUT2D eigenvalue weighted by Gasteiger charge is -2.18. The van der Waals surface area contributed by atoms with Gasteiger partial charge in [-0.25, -0.2) is 16.8 Å². The topological polar surface area (TPSA) is 435 Å². The van der Waals surface area contributed by atoms with Crippen LogP contribution in [0.1, 0.15) is 0 Å². The number of aromatic nitrogens is 3. The van der Waals surface area contributed by atoms with Crippen molar-refractivity contribution >= 4 is 123 Å². The highest BCUT2D eigenvalue weighted by Gasteiger charge is 2.29. The first kappa shape index (κ1) is 52.1. The van der Waals surface area contributed by atoms with Gasteiger partial charge < -0.3 is 21.1 Å². The first-order chi connectivity index (χ1) is 32.3. The third kappa shape index (κ3) is 10.9. The van der Waals surface area contributed by atoms with E-state index < -0.39 is 148 Å². The van der Waals surface area contributed by atoms with Crippen molar-refractivity contribution in [2.24, 2.45) is 20.5 Å². The van der Waals surface area contributed by atoms with Gasteiger partial charge in [-0.2, -0.15) is 53.0 Å². The Balaban J connectivity index is 1.49. The molecule has 5 aromatic carbocycles. The summed E-state index contributed by atoms with van der Waals surface area (Å²) in [6, 6.07) is 10.7. The molecule has 6 aromatic rings. The van der Waals surface area contributed by atoms with Crippen LogP contribution in [0.3, 0.4) is 0 Å². The number of nitrogens with two attached hydrogens (primary N) is 1. The minimum Gasteiger partial charge on any atom is -0.505 e. The van der Waals surface area contributed by atoms with E-state index in [1.807, 2.05) is 0 Å². The maximum Gasteiger partial charge on any atom is 0.315 e. The molecule has 368 valence electrons. The number of nitrogen functional groups attached to an aromatic ring is 1. The normalized spacial score (nSPS) is 12.9. The van der Waals surface area contributed by atoms with Gasteiger partial charge in [-0.1, -0.05) is 19.2 Å². The molecule has 0 spiro atoms. The van der Waals surface area contributed by atoms with Crippen LogP contribution in [0, 0.1) is 6.08 Å². The van der Waals surface area contributed by atoms with Crippen LogP contribution in [0.25, 0.3) is 10.8 Å². The van der Waals surface area contributed by atoms with E-state index in [1.165, 1.54) is 36.2 Å². The highest BCUT2D eigenvalue weighted by Crippen LogP contribution is 2.49. The molecule has 0 fully saturated rings. The predicted molar refractivity (Wildman–Crippen MR) is 243 cm³/mol. The number of hydrogen-bond acceptors (Lipinski definition) is 23. The minimum absolute atomic E-state index is 0.155. The number of hydrogen-bond donors (Lipinski definition) is 7. The fourth-order valence-electron chi connectivity index (χ4n) is 6.02. The molecule has 1 heterocycles. The quantitative estimate of drug-likeness (QED) is 0.0351. The van der Waals surface area contributed by atoms with Crippen LogP contribution < -0.4 is 16.0 Å². The second-order valence-electron chi connectivity index (χ2n) is 13.8. The van der Waals surface area contributed by atoms with Crippen LogP contribution in [0.2, 0.25) is 0 Å². The molecule has 0 saturated carbocycles. The summed E-state index contributed by atoms with van der Waals surface area (Å²) in [6.07, 6.45) is -1.38. The summed E-state index contributed by atoms with van der Waals surface area (Å²) >= 11 is 0. The number of aromatic hydroxyl groups is 1. The van der Waals surface area contributed by atoms with Crippen LogP contribution in [-0.4, -0.2) is 95.8 Å². The van der Waals surface area contributed by atoms with Gasteiger partial charge in [0.1, 0.15) is 42.3 Å². The number of anilines is 5. The Bertz CT molecular complexity index is 4010. The maximum atomic E-state index is 14.8. The molecule has 0 aliphatic rings. The van der Waals surface area contributed by atoms with Crippen LogP contribution in [0.15, 0.2) is 147 Å². The fourth-order valence-corrected chi connectivity index (χ4v) is 10.2. The van der Waals surface area contributed by atoms with E-state index in [4.69, 9.17) is 5.73 Å². The smallest absolute Gasteiger partial charge is 0.315 e. The number of phenolic OH excluding ortho intramolecular Hbond substituents is 1. The average molecular weight is 1090 g/mol. The Hall–Kier alpha value is -7.28. The predicted octanol–water partition coefficient (Wildman–Crippen LogP) is 5.62. The molecule has 8 N–H and O–H groups in total. The Labute approximate surface area is 395 Å². The molecule has 6 rings (SSSR count). The molecule has 0 unspecified atom stereocenters. The third-order valence-electron chi connectivity index (χ3n) is 9.28. The van der Waals surface area contributed by atoms with Gasteiger partial charge in [0.2, 0.25) is 11.9 Å². The van der Waals surface area contributed by atoms with Crippen molar-refractivity contribution in [3.63, 3.8) is 0 Å². The van der Waals surface area contributed by atoms with Crippen molar-refractivity contribution in [3.8, 4) is 5.75 Å². The number of nitrogens with zero attached hydrogens (tertiary/aromatic N) is 8. The standard InChI is InChI=1S/C36H29FN10O17S6/c1-4-65(49,50)21-8-6-7-20(16-21)47(3)36-41-34(37)40-35(42-36)39-19-9-12-25(67(53,54)55)24(15-19)44-46-32-28(70(62,63)64)14-18-13-27(69(59,60)61)31(30(38)29(18)33(32)48)45-43-23-11-10-22(66(51,52)5-2)17-26(23)68(56,57)58/h4-17,48H,1-2,38H2,3H3,(H,53,54,55)(H,56,57,58)(H,59,60,61)(H,62,63,64)(H,39,40,41,42). The Morgan fingerprint density at radius 2 is 1.17 bits per heavy atom. The van der Waals surface area contributed by atoms with Gasteiger partial charge in [0, 0.05) is 29.2 Å². The molecule has 0 aliphatic carbocycles. The first-order valence-electron chi connectivity index (χ1n) is 18.2. The molecule has 1 aromatic heterocycles. The Morgan fingerprint density at radius 3 is 1.74 bits per heavy atom. The Morgan fingerprint density at radius 1 is 0.629 bits per heavy atom. The lowest BCUT2D eigenvalue weighted by molar-refractivity contribution is 0.472. The monoisotopic (exact) mass is 1080 g/mol. The van der Waals surface area contributed by atoms with E-state index >= 15 is 0 Å². The zero-order valence-corrected chi connectivity index (χ0v) is 39.5. The first-order valence-corrected chi connectivity index (χ1v) is 27.0. The molecule has 27 nitrogen and oxygen atoms in total. The summed E-state index contributed by atoms with van der Waals surface area (Å²) in [5, 5.41) is 28.0. The number of azo groups is 2. The molecule has 0 atom stereocenters. The molecule has 0 bridgehead atoms. The fraction of sp³-hybridized carbons (Fsp3) is 0.0278. The molecule has 0 saturated heterocycles. The van der Waals surface area contributed by atoms with Gasteiger partial charge in [-0.3, -0.25) is 18.2 Å². The summed E-state index contributed by atoms with van der Waals surface area (Å²) in [6.45, 7) is 6.36. The summed E-state index contributed by atoms with van der Waals surface area (Å²) in [5.41, 5.74) is 1.01. The second-order valence-corrected chi connectivity index (χ2v) is 23.1. The van der Waals surface area contributed by atoms with E-state index in [0.717, 1.165) is 24.3 Å². The zero-order valence-electron chi connectivity index (χ0n) is 34.6. The van der Waals surface area contributed by atoms with Crippen LogP contribution in [0.5, 0.6) is 5.75 Å². The second kappa shape index (κ2) is 18.6. The van der Waals surface area contributed by atoms with Gasteiger partial charge >= 0.3 is 6.08 Å². The van der Waals surface area contributed by atoms with Gasteiger partial charge in [0.25, 0.3) is 40.5 Å². The number of sulfone groups is 2. The summed E-state index contributed by atoms with van der Waals surface area (Å²) in [7, 11) is -28.5. The molecular formula is C36H29FN10O17S6. The number of rotatable bonds is 16. The number of benzene rings is 5. The zero-order chi connectivity index (χ0) is 52.1. The average Bonchev–Trinajstić information content (AvgIpc) is 3.26. The lowest BCUT2D eigenvalue weighted by Crippen LogP contribution is -2.16. The molecule has 0 amide bonds. The minimum atomic E-state index is -5.55. The Kier molecular flexibility index (Phi) is 13.8. The van der Waals surface area contributed by atoms with Gasteiger partial charge in [0.15, 0.2) is 25.4 Å². The lowest BCUT2D eigenvalue weighted by atomic mass is 10.1. The van der Waals surface area contributed by atoms with Gasteiger partial charge in [-0.05, 0) is 72.1 Å². The molecule has 0 radical (unpaired) electrons. The number of halogens is 1. The van der Waals surface area contributed by atoms with E-state index in [9.17, 15) is 78.2 Å². The van der Waals surface area contributed by atoms with Gasteiger partial charge in [-0.15, -0.1) is 20.5 Å². The van der Waals surface area contributed by atoms with Gasteiger partial charge in [0.05, 0.1) is 20.9 Å². The summed E-state index contributed by atoms with van der Waals surface area (Å²) in [4.78, 5) is 6.61.